The minimum atomic E-state index is -0.778. The van der Waals surface area contributed by atoms with E-state index in [9.17, 15) is 14.5 Å². The fourth-order valence-corrected chi connectivity index (χ4v) is 0.651. The highest BCUT2D eigenvalue weighted by molar-refractivity contribution is 5.91. The molecule has 0 aromatic heterocycles. The summed E-state index contributed by atoms with van der Waals surface area (Å²) in [6.07, 6.45) is 1.03. The van der Waals surface area contributed by atoms with Crippen LogP contribution in [0.25, 0.3) is 0 Å². The van der Waals surface area contributed by atoms with Gasteiger partial charge in [-0.1, -0.05) is 5.18 Å². The first-order valence-electron chi connectivity index (χ1n) is 4.09. The van der Waals surface area contributed by atoms with Crippen LogP contribution in [0, 0.1) is 4.91 Å². The van der Waals surface area contributed by atoms with E-state index in [0.717, 1.165) is 12.2 Å². The Kier molecular flexibility index (Phi) is 6.73. The lowest BCUT2D eigenvalue weighted by Gasteiger charge is -2.10. The van der Waals surface area contributed by atoms with Crippen LogP contribution < -0.4 is 5.73 Å². The third-order valence-electron chi connectivity index (χ3n) is 1.38. The van der Waals surface area contributed by atoms with E-state index in [1.54, 1.807) is 0 Å². The van der Waals surface area contributed by atoms with Crippen LogP contribution in [0.4, 0.5) is 0 Å². The summed E-state index contributed by atoms with van der Waals surface area (Å²) in [5.74, 6) is -1.45. The minimum absolute atomic E-state index is 0.0104. The predicted molar refractivity (Wildman–Crippen MR) is 50.8 cm³/mol. The van der Waals surface area contributed by atoms with Gasteiger partial charge in [-0.15, -0.1) is 0 Å². The van der Waals surface area contributed by atoms with E-state index in [0.29, 0.717) is 0 Å². The first-order valence-corrected chi connectivity index (χ1v) is 4.09. The molecule has 1 atom stereocenters. The summed E-state index contributed by atoms with van der Waals surface area (Å²) in [6, 6.07) is 0. The predicted octanol–water partition coefficient (Wildman–Crippen LogP) is -0.647. The zero-order chi connectivity index (χ0) is 11.7. The third kappa shape index (κ3) is 6.33. The first-order chi connectivity index (χ1) is 7.13. The topological polar surface area (TPSA) is 108 Å². The number of carbonyl (C=O) groups excluding carboxylic acids is 2. The molecule has 0 radical (unpaired) electrons. The summed E-state index contributed by atoms with van der Waals surface area (Å²) in [5, 5.41) is 2.55. The molecule has 0 aromatic carbocycles. The van der Waals surface area contributed by atoms with Gasteiger partial charge in [-0.2, -0.15) is 4.91 Å². The molecule has 0 amide bonds. The number of hydrogen-bond donors (Lipinski definition) is 1. The summed E-state index contributed by atoms with van der Waals surface area (Å²) in [7, 11) is 1.18. The highest BCUT2D eigenvalue weighted by atomic mass is 16.5. The van der Waals surface area contributed by atoms with Crippen molar-refractivity contribution in [2.24, 2.45) is 10.9 Å². The van der Waals surface area contributed by atoms with Crippen LogP contribution in [0.3, 0.4) is 0 Å². The van der Waals surface area contributed by atoms with Gasteiger partial charge < -0.3 is 15.2 Å². The standard InChI is InChI=1S/C8H12N2O5/c1-14-7(11)2-3-8(12)15-6(4-9)5-10-13/h2-3,6H,4-5,9H2,1H3/b3-2+. The zero-order valence-electron chi connectivity index (χ0n) is 8.21. The number of rotatable bonds is 6. The molecule has 0 aliphatic rings. The quantitative estimate of drug-likeness (QED) is 0.359. The number of ether oxygens (including phenoxy) is 2. The second kappa shape index (κ2) is 7.63. The second-order valence-electron chi connectivity index (χ2n) is 2.46. The van der Waals surface area contributed by atoms with E-state index in [-0.39, 0.29) is 13.1 Å². The van der Waals surface area contributed by atoms with Gasteiger partial charge in [0, 0.05) is 18.7 Å². The lowest BCUT2D eigenvalue weighted by atomic mass is 10.3. The van der Waals surface area contributed by atoms with Crippen LogP contribution in [-0.2, 0) is 19.1 Å². The van der Waals surface area contributed by atoms with E-state index in [1.807, 2.05) is 0 Å². The molecular formula is C8H12N2O5. The molecule has 0 fully saturated rings. The maximum atomic E-state index is 11.0. The van der Waals surface area contributed by atoms with Gasteiger partial charge in [0.15, 0.2) is 0 Å². The lowest BCUT2D eigenvalue weighted by Crippen LogP contribution is -2.28. The fourth-order valence-electron chi connectivity index (χ4n) is 0.651. The number of esters is 2. The van der Waals surface area contributed by atoms with Crippen molar-refractivity contribution in [3.8, 4) is 0 Å². The van der Waals surface area contributed by atoms with Crippen LogP contribution in [-0.4, -0.2) is 38.2 Å². The molecular weight excluding hydrogens is 204 g/mol. The van der Waals surface area contributed by atoms with Crippen LogP contribution in [0.2, 0.25) is 0 Å². The summed E-state index contributed by atoms with van der Waals surface area (Å²) in [6.45, 7) is -0.224. The molecule has 0 saturated carbocycles. The van der Waals surface area contributed by atoms with Gasteiger partial charge in [0.25, 0.3) is 0 Å². The monoisotopic (exact) mass is 216 g/mol. The molecule has 0 spiro atoms. The zero-order valence-corrected chi connectivity index (χ0v) is 8.21. The van der Waals surface area contributed by atoms with Crippen molar-refractivity contribution >= 4 is 11.9 Å². The van der Waals surface area contributed by atoms with Gasteiger partial charge in [-0.05, 0) is 0 Å². The van der Waals surface area contributed by atoms with Gasteiger partial charge in [0.1, 0.15) is 12.6 Å². The van der Waals surface area contributed by atoms with E-state index in [2.05, 4.69) is 14.7 Å². The largest absolute Gasteiger partial charge is 0.466 e. The molecule has 7 nitrogen and oxygen atoms in total. The minimum Gasteiger partial charge on any atom is -0.466 e. The number of nitrogens with zero attached hydrogens (tertiary/aromatic N) is 1. The van der Waals surface area contributed by atoms with Crippen molar-refractivity contribution in [1.29, 1.82) is 0 Å². The lowest BCUT2D eigenvalue weighted by molar-refractivity contribution is -0.143. The molecule has 15 heavy (non-hydrogen) atoms. The molecule has 0 rings (SSSR count). The average molecular weight is 216 g/mol. The Morgan fingerprint density at radius 2 is 2.00 bits per heavy atom. The Labute approximate surface area is 86.2 Å². The van der Waals surface area contributed by atoms with E-state index < -0.39 is 18.0 Å². The highest BCUT2D eigenvalue weighted by Gasteiger charge is 2.10. The van der Waals surface area contributed by atoms with Gasteiger partial charge in [0.05, 0.1) is 7.11 Å². The highest BCUT2D eigenvalue weighted by Crippen LogP contribution is 1.93. The van der Waals surface area contributed by atoms with Crippen molar-refractivity contribution in [2.75, 3.05) is 20.2 Å². The van der Waals surface area contributed by atoms with Crippen molar-refractivity contribution in [3.63, 3.8) is 0 Å². The van der Waals surface area contributed by atoms with Crippen LogP contribution >= 0.6 is 0 Å². The molecule has 0 aliphatic heterocycles. The Morgan fingerprint density at radius 1 is 1.40 bits per heavy atom. The Balaban J connectivity index is 4.05. The molecule has 84 valence electrons. The first kappa shape index (κ1) is 13.2. The molecule has 0 aromatic rings. The van der Waals surface area contributed by atoms with Gasteiger partial charge in [-0.25, -0.2) is 9.59 Å². The smallest absolute Gasteiger partial charge is 0.331 e. The van der Waals surface area contributed by atoms with Gasteiger partial charge >= 0.3 is 11.9 Å². The van der Waals surface area contributed by atoms with Crippen molar-refractivity contribution in [3.05, 3.63) is 17.1 Å². The number of hydrogen-bond acceptors (Lipinski definition) is 7. The van der Waals surface area contributed by atoms with Crippen molar-refractivity contribution in [1.82, 2.24) is 0 Å². The fraction of sp³-hybridized carbons (Fsp3) is 0.500. The van der Waals surface area contributed by atoms with Crippen LogP contribution in [0.5, 0.6) is 0 Å². The summed E-state index contributed by atoms with van der Waals surface area (Å²) >= 11 is 0. The Bertz CT molecular complexity index is 264. The molecule has 0 aliphatic carbocycles. The molecule has 7 heteroatoms. The number of nitroso groups, excluding NO2 is 1. The third-order valence-corrected chi connectivity index (χ3v) is 1.38. The van der Waals surface area contributed by atoms with Crippen LogP contribution in [0.1, 0.15) is 0 Å². The Morgan fingerprint density at radius 3 is 2.47 bits per heavy atom. The summed E-state index contributed by atoms with van der Waals surface area (Å²) < 4.78 is 8.94. The maximum absolute atomic E-state index is 11.0. The SMILES string of the molecule is COC(=O)/C=C/C(=O)OC(CN)CN=O. The van der Waals surface area contributed by atoms with Gasteiger partial charge in [-0.3, -0.25) is 0 Å². The van der Waals surface area contributed by atoms with Crippen LogP contribution in [0.15, 0.2) is 17.3 Å². The van der Waals surface area contributed by atoms with Gasteiger partial charge in [0.2, 0.25) is 0 Å². The van der Waals surface area contributed by atoms with E-state index in [1.165, 1.54) is 7.11 Å². The number of methoxy groups -OCH3 is 1. The number of carbonyl (C=O) groups is 2. The maximum Gasteiger partial charge on any atom is 0.331 e. The molecule has 1 unspecified atom stereocenters. The average Bonchev–Trinajstić information content (AvgIpc) is 2.25. The van der Waals surface area contributed by atoms with Crippen molar-refractivity contribution in [2.45, 2.75) is 6.10 Å². The summed E-state index contributed by atoms with van der Waals surface area (Å²) in [5.41, 5.74) is 5.20. The van der Waals surface area contributed by atoms with E-state index in [4.69, 9.17) is 5.73 Å². The van der Waals surface area contributed by atoms with Crippen molar-refractivity contribution < 1.29 is 19.1 Å². The summed E-state index contributed by atoms with van der Waals surface area (Å²) in [4.78, 5) is 31.5. The number of nitrogens with two attached hydrogens (primary N) is 1. The normalized spacial score (nSPS) is 12.1. The molecule has 0 heterocycles. The van der Waals surface area contributed by atoms with E-state index >= 15 is 0 Å². The Hall–Kier alpha value is -1.76. The molecule has 0 saturated heterocycles. The second-order valence-corrected chi connectivity index (χ2v) is 2.46. The molecule has 0 bridgehead atoms. The molecule has 2 N–H and O–H groups in total.